The van der Waals surface area contributed by atoms with Crippen LogP contribution in [0.2, 0.25) is 0 Å². The Bertz CT molecular complexity index is 9280. The van der Waals surface area contributed by atoms with Crippen molar-refractivity contribution in [3.63, 3.8) is 0 Å². The van der Waals surface area contributed by atoms with E-state index in [2.05, 4.69) is 402 Å². The summed E-state index contributed by atoms with van der Waals surface area (Å²) in [7, 11) is 0. The van der Waals surface area contributed by atoms with Crippen LogP contribution in [0.15, 0.2) is 433 Å². The van der Waals surface area contributed by atoms with Gasteiger partial charge in [0.15, 0.2) is 0 Å². The molecular weight excluding hydrogens is 1610 g/mol. The Morgan fingerprint density at radius 1 is 0.152 bits per heavy atom. The van der Waals surface area contributed by atoms with Gasteiger partial charge in [0.1, 0.15) is 33.5 Å². The van der Waals surface area contributed by atoms with Gasteiger partial charge in [0.25, 0.3) is 0 Å². The molecule has 0 atom stereocenters. The molecule has 0 aliphatic rings. The molecule has 27 rings (SSSR count). The van der Waals surface area contributed by atoms with E-state index in [0.717, 1.165) is 198 Å². The van der Waals surface area contributed by atoms with E-state index in [0.29, 0.717) is 0 Å². The SMILES string of the molecule is Cc1cc(C)c2oc3c(-c4ccc(-c5ccc6c(c5)c5ccccc5c5nccnc65)cc4)cc(C)cc3c2c1.c1ccc(-c2ccc3oc4c(-c5ccccc5-c5ccc6c(c5)c5ccccc5c5nccnc65)cc(-c5ccccc5)cc4c3c2)cc1.c1ccc(-c2cccc3c2oc2c(-c4ccccc4-c4ccc5c(c4)c4ccccc4c4nccnc54)cccc23)cc1. The zero-order valence-corrected chi connectivity index (χ0v) is 72.2. The van der Waals surface area contributed by atoms with Crippen LogP contribution in [0.5, 0.6) is 0 Å². The predicted molar refractivity (Wildman–Crippen MR) is 549 cm³/mol. The second-order valence-electron chi connectivity index (χ2n) is 34.4. The first kappa shape index (κ1) is 77.0. The minimum atomic E-state index is 0.879. The summed E-state index contributed by atoms with van der Waals surface area (Å²) < 4.78 is 20.1. The normalized spacial score (nSPS) is 11.8. The fourth-order valence-corrected chi connectivity index (χ4v) is 20.4. The number of benzene rings is 21. The summed E-state index contributed by atoms with van der Waals surface area (Å²) >= 11 is 0. The van der Waals surface area contributed by atoms with E-state index in [1.54, 1.807) is 37.2 Å². The van der Waals surface area contributed by atoms with Crippen LogP contribution in [-0.4, -0.2) is 29.9 Å². The van der Waals surface area contributed by atoms with Crippen LogP contribution in [0, 0.1) is 20.8 Å². The summed E-state index contributed by atoms with van der Waals surface area (Å²) in [5.74, 6) is 0. The summed E-state index contributed by atoms with van der Waals surface area (Å²) in [5, 5.41) is 20.6. The molecule has 27 aromatic rings. The van der Waals surface area contributed by atoms with Gasteiger partial charge in [-0.2, -0.15) is 0 Å². The molecule has 6 heterocycles. The molecule has 0 spiro atoms. The Hall–Kier alpha value is -17.4. The molecule has 618 valence electrons. The van der Waals surface area contributed by atoms with Crippen molar-refractivity contribution in [2.24, 2.45) is 0 Å². The van der Waals surface area contributed by atoms with Gasteiger partial charge in [-0.1, -0.05) is 322 Å². The maximum absolute atomic E-state index is 6.78. The van der Waals surface area contributed by atoms with Gasteiger partial charge in [-0.05, 0) is 208 Å². The van der Waals surface area contributed by atoms with Gasteiger partial charge in [0.05, 0.1) is 33.1 Å². The Balaban J connectivity index is 0.000000107. The highest BCUT2D eigenvalue weighted by Crippen LogP contribution is 2.49. The monoisotopic (exact) mass is 1690 g/mol. The van der Waals surface area contributed by atoms with Gasteiger partial charge in [-0.3, -0.25) is 29.9 Å². The lowest BCUT2D eigenvalue weighted by Crippen LogP contribution is -1.90. The number of rotatable bonds is 9. The highest BCUT2D eigenvalue weighted by molar-refractivity contribution is 6.27. The van der Waals surface area contributed by atoms with Crippen molar-refractivity contribution in [3.05, 3.63) is 436 Å². The summed E-state index contributed by atoms with van der Waals surface area (Å²) in [6.45, 7) is 6.43. The van der Waals surface area contributed by atoms with E-state index in [9.17, 15) is 0 Å². The lowest BCUT2D eigenvalue weighted by molar-refractivity contribution is 0.666. The predicted octanol–water partition coefficient (Wildman–Crippen LogP) is 33.4. The Kier molecular flexibility index (Phi) is 18.4. The van der Waals surface area contributed by atoms with Gasteiger partial charge >= 0.3 is 0 Å². The van der Waals surface area contributed by atoms with Gasteiger partial charge < -0.3 is 13.3 Å². The maximum Gasteiger partial charge on any atom is 0.143 e. The van der Waals surface area contributed by atoms with Crippen molar-refractivity contribution in [1.82, 2.24) is 29.9 Å². The van der Waals surface area contributed by atoms with Crippen molar-refractivity contribution in [2.75, 3.05) is 0 Å². The third-order valence-corrected chi connectivity index (χ3v) is 26.5. The van der Waals surface area contributed by atoms with E-state index < -0.39 is 0 Å². The molecule has 0 N–H and O–H groups in total. The zero-order valence-electron chi connectivity index (χ0n) is 72.2. The quantitative estimate of drug-likeness (QED) is 0.130. The standard InChI is InChI=1S/C46H28N2O.C40H24N2O.C37H26N2O/c1-3-11-29(12-4-1)31-20-22-43-40(25-31)42-28-33(30-13-5-2-6-14-30)27-41(46(42)49-43)35-16-8-7-15-34(35)32-19-21-38-39(26-32)36-17-9-10-18-37(36)44-45(38)48-24-23-47-44;1-2-10-25(11-3-1)28-16-8-18-34-35-19-9-17-33(40(35)43-39(28)34)29-13-5-4-12-27(29)26-20-21-32-36(24-26)30-14-6-7-15-31(30)37-38(32)42-23-22-41-37;1-21-16-23(3)36-32(18-21)33-19-22(2)17-30(37(33)40-36)25-10-8-24(9-11-25)26-12-13-29-31(20-26)27-6-4-5-7-28(27)34-35(29)39-15-14-38-34/h1-28H;1-24H;4-20H,1-3H3. The molecule has 0 unspecified atom stereocenters. The fraction of sp³-hybridized carbons (Fsp3) is 0.0244. The number of hydrogen-bond acceptors (Lipinski definition) is 9. The number of fused-ring (bicyclic) bond motifs is 27. The van der Waals surface area contributed by atoms with E-state index in [1.807, 2.05) is 6.07 Å². The number of furan rings is 3. The van der Waals surface area contributed by atoms with Gasteiger partial charge in [-0.25, -0.2) is 0 Å². The van der Waals surface area contributed by atoms with Crippen LogP contribution in [-0.2, 0) is 0 Å². The summed E-state index contributed by atoms with van der Waals surface area (Å²) in [6.07, 6.45) is 10.6. The van der Waals surface area contributed by atoms with Crippen molar-refractivity contribution in [1.29, 1.82) is 0 Å². The van der Waals surface area contributed by atoms with Gasteiger partial charge in [0.2, 0.25) is 0 Å². The lowest BCUT2D eigenvalue weighted by atomic mass is 9.89. The Morgan fingerprint density at radius 3 is 0.977 bits per heavy atom. The van der Waals surface area contributed by atoms with Crippen LogP contribution in [0.3, 0.4) is 0 Å². The maximum atomic E-state index is 6.78. The molecule has 0 fully saturated rings. The molecule has 0 saturated carbocycles. The average molecular weight is 1690 g/mol. The molecular formula is C123H78N6O3. The second-order valence-corrected chi connectivity index (χ2v) is 34.4. The first-order valence-electron chi connectivity index (χ1n) is 44.7. The zero-order chi connectivity index (χ0) is 87.6. The molecule has 9 heteroatoms. The minimum absolute atomic E-state index is 0.879. The Morgan fingerprint density at radius 2 is 0.462 bits per heavy atom. The van der Waals surface area contributed by atoms with Crippen LogP contribution in [0.25, 0.3) is 264 Å². The average Bonchev–Trinajstić information content (AvgIpc) is 0.969. The molecule has 21 aromatic carbocycles. The molecule has 132 heavy (non-hydrogen) atoms. The lowest BCUT2D eigenvalue weighted by Gasteiger charge is -2.15. The van der Waals surface area contributed by atoms with Gasteiger partial charge in [-0.15, -0.1) is 0 Å². The van der Waals surface area contributed by atoms with E-state index >= 15 is 0 Å². The largest absolute Gasteiger partial charge is 0.455 e. The third-order valence-electron chi connectivity index (χ3n) is 26.5. The molecule has 0 saturated heterocycles. The van der Waals surface area contributed by atoms with Crippen LogP contribution in [0.1, 0.15) is 16.7 Å². The molecule has 0 amide bonds. The first-order chi connectivity index (χ1) is 65.2. The summed E-state index contributed by atoms with van der Waals surface area (Å²) in [6, 6.07) is 136. The van der Waals surface area contributed by atoms with Crippen molar-refractivity contribution in [3.8, 4) is 100 Å². The number of aromatic nitrogens is 6. The van der Waals surface area contributed by atoms with Crippen molar-refractivity contribution in [2.45, 2.75) is 20.8 Å². The number of hydrogen-bond donors (Lipinski definition) is 0. The van der Waals surface area contributed by atoms with Gasteiger partial charge in [0, 0.05) is 124 Å². The Labute approximate surface area is 758 Å². The van der Waals surface area contributed by atoms with E-state index in [4.69, 9.17) is 38.2 Å². The first-order valence-corrected chi connectivity index (χ1v) is 44.7. The molecule has 0 bridgehead atoms. The molecule has 0 aliphatic carbocycles. The van der Waals surface area contributed by atoms with Crippen LogP contribution < -0.4 is 0 Å². The fourth-order valence-electron chi connectivity index (χ4n) is 20.4. The summed E-state index contributed by atoms with van der Waals surface area (Å²) in [4.78, 5) is 28.3. The highest BCUT2D eigenvalue weighted by Gasteiger charge is 2.25. The molecule has 0 radical (unpaired) electrons. The van der Waals surface area contributed by atoms with Crippen LogP contribution in [0.4, 0.5) is 0 Å². The van der Waals surface area contributed by atoms with E-state index in [1.165, 1.54) is 82.2 Å². The van der Waals surface area contributed by atoms with Crippen LogP contribution >= 0.6 is 0 Å². The topological polar surface area (TPSA) is 117 Å². The minimum Gasteiger partial charge on any atom is -0.455 e. The molecule has 0 aliphatic heterocycles. The molecule has 6 aromatic heterocycles. The number of para-hydroxylation sites is 2. The smallest absolute Gasteiger partial charge is 0.143 e. The van der Waals surface area contributed by atoms with E-state index in [-0.39, 0.29) is 0 Å². The van der Waals surface area contributed by atoms with Crippen molar-refractivity contribution < 1.29 is 13.3 Å². The third kappa shape index (κ3) is 13.0. The number of aryl methyl sites for hydroxylation is 3. The molecule has 9 nitrogen and oxygen atoms in total. The number of nitrogens with zero attached hydrogens (tertiary/aromatic N) is 6. The summed E-state index contributed by atoms with van der Waals surface area (Å²) in [5.41, 5.74) is 35.3. The highest BCUT2D eigenvalue weighted by atomic mass is 16.3. The van der Waals surface area contributed by atoms with Crippen molar-refractivity contribution >= 4 is 164 Å². The second kappa shape index (κ2) is 31.6.